The molecule has 1 fully saturated rings. The molecule has 0 saturated carbocycles. The molecule has 2 bridgehead atoms. The van der Waals surface area contributed by atoms with Crippen molar-refractivity contribution in [2.45, 2.75) is 45.1 Å². The first-order valence-corrected chi connectivity index (χ1v) is 10.5. The highest BCUT2D eigenvalue weighted by atomic mass is 35.5. The number of benzene rings is 2. The lowest BCUT2D eigenvalue weighted by Gasteiger charge is -2.60. The molecule has 1 amide bonds. The lowest BCUT2D eigenvalue weighted by molar-refractivity contribution is -0.0265. The number of aromatic nitrogens is 1. The van der Waals surface area contributed by atoms with Crippen LogP contribution in [0.1, 0.15) is 48.7 Å². The van der Waals surface area contributed by atoms with E-state index in [9.17, 15) is 9.90 Å². The van der Waals surface area contributed by atoms with Crippen LogP contribution in [-0.2, 0) is 11.8 Å². The van der Waals surface area contributed by atoms with Crippen molar-refractivity contribution < 1.29 is 9.90 Å². The number of aromatic hydroxyl groups is 1. The van der Waals surface area contributed by atoms with E-state index in [4.69, 9.17) is 11.6 Å². The predicted octanol–water partition coefficient (Wildman–Crippen LogP) is 5.28. The van der Waals surface area contributed by atoms with Crippen molar-refractivity contribution in [2.75, 3.05) is 6.54 Å². The number of phenolic OH excluding ortho intramolecular Hbond substituents is 1. The molecule has 3 aromatic rings. The predicted molar refractivity (Wildman–Crippen MR) is 116 cm³/mol. The number of H-pyrrole nitrogens is 1. The van der Waals surface area contributed by atoms with Crippen molar-refractivity contribution in [1.29, 1.82) is 0 Å². The van der Waals surface area contributed by atoms with Crippen LogP contribution in [0.4, 0.5) is 0 Å². The zero-order valence-corrected chi connectivity index (χ0v) is 17.7. The number of hydrogen-bond acceptors (Lipinski definition) is 2. The molecule has 29 heavy (non-hydrogen) atoms. The Morgan fingerprint density at radius 2 is 2.03 bits per heavy atom. The maximum absolute atomic E-state index is 13.7. The number of nitrogens with zero attached hydrogens (tertiary/aromatic N) is 1. The van der Waals surface area contributed by atoms with Gasteiger partial charge >= 0.3 is 0 Å². The highest BCUT2D eigenvalue weighted by Crippen LogP contribution is 2.57. The summed E-state index contributed by atoms with van der Waals surface area (Å²) in [5.41, 5.74) is 3.56. The molecule has 150 valence electrons. The molecular weight excluding hydrogens is 384 g/mol. The van der Waals surface area contributed by atoms with Crippen LogP contribution < -0.4 is 0 Å². The molecule has 0 radical (unpaired) electrons. The molecule has 0 unspecified atom stereocenters. The van der Waals surface area contributed by atoms with E-state index in [1.807, 2.05) is 29.2 Å². The Bertz CT molecular complexity index is 1150. The first-order valence-electron chi connectivity index (χ1n) is 10.1. The van der Waals surface area contributed by atoms with Gasteiger partial charge < -0.3 is 15.0 Å². The quantitative estimate of drug-likeness (QED) is 0.575. The molecule has 5 heteroatoms. The summed E-state index contributed by atoms with van der Waals surface area (Å²) in [5, 5.41) is 12.0. The summed E-state index contributed by atoms with van der Waals surface area (Å²) < 4.78 is 0. The number of amides is 1. The van der Waals surface area contributed by atoms with Crippen molar-refractivity contribution in [1.82, 2.24) is 9.88 Å². The van der Waals surface area contributed by atoms with Crippen LogP contribution in [0.3, 0.4) is 0 Å². The van der Waals surface area contributed by atoms with Gasteiger partial charge in [0.1, 0.15) is 5.75 Å². The molecule has 1 aliphatic heterocycles. The van der Waals surface area contributed by atoms with E-state index in [-0.39, 0.29) is 22.8 Å². The van der Waals surface area contributed by atoms with Crippen molar-refractivity contribution in [2.24, 2.45) is 5.41 Å². The maximum Gasteiger partial charge on any atom is 0.256 e. The van der Waals surface area contributed by atoms with Crippen LogP contribution in [0.5, 0.6) is 5.75 Å². The number of carbonyl (C=O) groups excluding carboxylic acids is 1. The summed E-state index contributed by atoms with van der Waals surface area (Å²) in [6.07, 6.45) is 3.32. The Labute approximate surface area is 175 Å². The molecule has 0 spiro atoms. The van der Waals surface area contributed by atoms with Gasteiger partial charge in [0.2, 0.25) is 0 Å². The molecule has 4 nitrogen and oxygen atoms in total. The zero-order valence-electron chi connectivity index (χ0n) is 16.9. The van der Waals surface area contributed by atoms with Crippen LogP contribution >= 0.6 is 11.6 Å². The van der Waals surface area contributed by atoms with Gasteiger partial charge in [-0.25, -0.2) is 0 Å². The summed E-state index contributed by atoms with van der Waals surface area (Å²) in [6.45, 7) is 7.50. The number of carbonyl (C=O) groups is 1. The second kappa shape index (κ2) is 6.02. The van der Waals surface area contributed by atoms with Crippen LogP contribution in [0.2, 0.25) is 5.02 Å². The highest BCUT2D eigenvalue weighted by Gasteiger charge is 2.57. The molecule has 2 heterocycles. The van der Waals surface area contributed by atoms with Gasteiger partial charge in [0.15, 0.2) is 0 Å². The lowest BCUT2D eigenvalue weighted by atomic mass is 9.51. The second-order valence-electron chi connectivity index (χ2n) is 9.22. The van der Waals surface area contributed by atoms with Gasteiger partial charge in [-0.3, -0.25) is 4.79 Å². The maximum atomic E-state index is 13.7. The van der Waals surface area contributed by atoms with Crippen LogP contribution in [0, 0.1) is 5.41 Å². The van der Waals surface area contributed by atoms with E-state index in [2.05, 4.69) is 31.8 Å². The average Bonchev–Trinajstić information content (AvgIpc) is 3.08. The third kappa shape index (κ3) is 2.42. The Morgan fingerprint density at radius 1 is 1.24 bits per heavy atom. The van der Waals surface area contributed by atoms with E-state index < -0.39 is 0 Å². The van der Waals surface area contributed by atoms with Gasteiger partial charge in [-0.2, -0.15) is 0 Å². The highest BCUT2D eigenvalue weighted by molar-refractivity contribution is 6.31. The van der Waals surface area contributed by atoms with E-state index >= 15 is 0 Å². The van der Waals surface area contributed by atoms with Gasteiger partial charge in [0.05, 0.1) is 5.56 Å². The number of hydrogen-bond donors (Lipinski definition) is 2. The van der Waals surface area contributed by atoms with Crippen molar-refractivity contribution >= 4 is 28.4 Å². The fourth-order valence-electron chi connectivity index (χ4n) is 5.59. The Hall–Kier alpha value is -2.46. The van der Waals surface area contributed by atoms with Gasteiger partial charge in [-0.15, -0.1) is 0 Å². The normalized spacial score (nSPS) is 25.1. The largest absolute Gasteiger partial charge is 0.508 e. The van der Waals surface area contributed by atoms with Gasteiger partial charge in [-0.1, -0.05) is 44.5 Å². The fourth-order valence-corrected chi connectivity index (χ4v) is 5.77. The summed E-state index contributed by atoms with van der Waals surface area (Å²) in [7, 11) is 0. The third-order valence-electron chi connectivity index (χ3n) is 7.76. The number of phenols is 1. The SMILES string of the molecule is CC1(C)[C@H]2Cc3c(O)cccc3[C@]1(C)CCN2C(=O)c1c[nH]c2ccc(Cl)cc12. The molecule has 1 aliphatic carbocycles. The summed E-state index contributed by atoms with van der Waals surface area (Å²) in [6, 6.07) is 11.4. The van der Waals surface area contributed by atoms with Gasteiger partial charge in [-0.05, 0) is 53.6 Å². The number of rotatable bonds is 1. The molecule has 2 aliphatic rings. The number of aromatic amines is 1. The minimum atomic E-state index is -0.120. The minimum Gasteiger partial charge on any atom is -0.508 e. The number of nitrogens with one attached hydrogen (secondary N) is 1. The molecule has 5 rings (SSSR count). The monoisotopic (exact) mass is 408 g/mol. The van der Waals surface area contributed by atoms with E-state index in [0.29, 0.717) is 29.3 Å². The van der Waals surface area contributed by atoms with Gasteiger partial charge in [0.25, 0.3) is 5.91 Å². The van der Waals surface area contributed by atoms with Crippen molar-refractivity contribution in [3.05, 3.63) is 64.3 Å². The van der Waals surface area contributed by atoms with E-state index in [1.54, 1.807) is 12.3 Å². The number of halogens is 1. The van der Waals surface area contributed by atoms with Crippen LogP contribution in [0.15, 0.2) is 42.6 Å². The molecular formula is C24H25ClN2O2. The number of piperidine rings is 1. The Kier molecular flexibility index (Phi) is 3.85. The molecule has 2 aromatic carbocycles. The van der Waals surface area contributed by atoms with E-state index in [1.165, 1.54) is 5.56 Å². The summed E-state index contributed by atoms with van der Waals surface area (Å²) in [4.78, 5) is 18.9. The topological polar surface area (TPSA) is 56.3 Å². The van der Waals surface area contributed by atoms with Crippen LogP contribution in [0.25, 0.3) is 10.9 Å². The summed E-state index contributed by atoms with van der Waals surface area (Å²) >= 11 is 6.19. The van der Waals surface area contributed by atoms with Crippen LogP contribution in [-0.4, -0.2) is 33.5 Å². The van der Waals surface area contributed by atoms with Gasteiger partial charge in [0, 0.05) is 40.1 Å². The lowest BCUT2D eigenvalue weighted by Crippen LogP contribution is -2.64. The van der Waals surface area contributed by atoms with Crippen molar-refractivity contribution in [3.8, 4) is 5.75 Å². The minimum absolute atomic E-state index is 0.0127. The standard InChI is InChI=1S/C24H25ClN2O2/c1-23(2)21-12-16-18(5-4-6-20(16)28)24(23,3)9-10-27(21)22(29)17-13-26-19-8-7-14(25)11-15(17)19/h4-8,11,13,21,26,28H,9-10,12H2,1-3H3/t21-,24+/m1/s1. The first-order chi connectivity index (χ1) is 13.7. The smallest absolute Gasteiger partial charge is 0.256 e. The third-order valence-corrected chi connectivity index (χ3v) is 8.00. The Morgan fingerprint density at radius 3 is 2.83 bits per heavy atom. The average molecular weight is 409 g/mol. The van der Waals surface area contributed by atoms with E-state index in [0.717, 1.165) is 22.9 Å². The fraction of sp³-hybridized carbons (Fsp3) is 0.375. The Balaban J connectivity index is 1.61. The molecule has 1 aromatic heterocycles. The molecule has 2 atom stereocenters. The van der Waals surface area contributed by atoms with Crippen molar-refractivity contribution in [3.63, 3.8) is 0 Å². The first kappa shape index (κ1) is 18.6. The number of fused-ring (bicyclic) bond motifs is 5. The zero-order chi connectivity index (χ0) is 20.6. The molecule has 2 N–H and O–H groups in total. The molecule has 1 saturated heterocycles. The second-order valence-corrected chi connectivity index (χ2v) is 9.65. The number of likely N-dealkylation sites (tertiary alicyclic amines) is 1. The summed E-state index contributed by atoms with van der Waals surface area (Å²) in [5.74, 6) is 0.361.